The summed E-state index contributed by atoms with van der Waals surface area (Å²) in [6.45, 7) is 8.70. The maximum absolute atomic E-state index is 12.3. The number of carbonyl (C=O) groups excluding carboxylic acids is 2. The second-order valence-electron chi connectivity index (χ2n) is 5.81. The number of amides is 2. The van der Waals surface area contributed by atoms with E-state index in [2.05, 4.69) is 17.6 Å². The first-order chi connectivity index (χ1) is 9.54. The fourth-order valence-corrected chi connectivity index (χ4v) is 2.60. The number of hydrogen-bond acceptors (Lipinski definition) is 3. The summed E-state index contributed by atoms with van der Waals surface area (Å²) in [7, 11) is 0. The molecule has 0 aliphatic carbocycles. The minimum Gasteiger partial charge on any atom is -0.354 e. The van der Waals surface area contributed by atoms with Gasteiger partial charge in [-0.2, -0.15) is 0 Å². The minimum atomic E-state index is 0.0392. The summed E-state index contributed by atoms with van der Waals surface area (Å²) < 4.78 is 0. The molecule has 1 rings (SSSR count). The quantitative estimate of drug-likeness (QED) is 0.705. The van der Waals surface area contributed by atoms with Crippen LogP contribution in [0.5, 0.6) is 0 Å². The van der Waals surface area contributed by atoms with Crippen molar-refractivity contribution in [2.45, 2.75) is 65.0 Å². The fraction of sp³-hybridized carbons (Fsp3) is 0.867. The highest BCUT2D eigenvalue weighted by Gasteiger charge is 2.25. The molecule has 1 aliphatic rings. The summed E-state index contributed by atoms with van der Waals surface area (Å²) in [4.78, 5) is 25.8. The van der Waals surface area contributed by atoms with Crippen LogP contribution in [0.15, 0.2) is 0 Å². The molecule has 20 heavy (non-hydrogen) atoms. The second kappa shape index (κ2) is 8.95. The zero-order valence-corrected chi connectivity index (χ0v) is 13.1. The first kappa shape index (κ1) is 17.0. The molecular formula is C15H29N3O2. The normalized spacial score (nSPS) is 18.3. The van der Waals surface area contributed by atoms with Crippen molar-refractivity contribution in [2.24, 2.45) is 0 Å². The lowest BCUT2D eigenvalue weighted by Crippen LogP contribution is -2.42. The van der Waals surface area contributed by atoms with Crippen molar-refractivity contribution in [2.75, 3.05) is 19.6 Å². The Labute approximate surface area is 122 Å². The van der Waals surface area contributed by atoms with Crippen molar-refractivity contribution in [1.29, 1.82) is 0 Å². The Kier molecular flexibility index (Phi) is 7.59. The summed E-state index contributed by atoms with van der Waals surface area (Å²) in [5, 5.41) is 6.16. The molecule has 0 bridgehead atoms. The average Bonchev–Trinajstić information content (AvgIpc) is 2.88. The molecule has 0 spiro atoms. The van der Waals surface area contributed by atoms with Gasteiger partial charge in [-0.25, -0.2) is 0 Å². The van der Waals surface area contributed by atoms with Crippen LogP contribution in [0.1, 0.15) is 52.9 Å². The van der Waals surface area contributed by atoms with Crippen LogP contribution >= 0.6 is 0 Å². The van der Waals surface area contributed by atoms with E-state index in [0.29, 0.717) is 25.3 Å². The SMILES string of the molecule is CCCN(C(=O)CCCC(=O)NC(C)C)C1CCNC1. The fourth-order valence-electron chi connectivity index (χ4n) is 2.60. The third kappa shape index (κ3) is 5.90. The number of nitrogens with one attached hydrogen (secondary N) is 2. The van der Waals surface area contributed by atoms with E-state index in [4.69, 9.17) is 0 Å². The largest absolute Gasteiger partial charge is 0.354 e. The Morgan fingerprint density at radius 3 is 2.65 bits per heavy atom. The van der Waals surface area contributed by atoms with Crippen molar-refractivity contribution in [3.63, 3.8) is 0 Å². The maximum Gasteiger partial charge on any atom is 0.222 e. The highest BCUT2D eigenvalue weighted by Crippen LogP contribution is 2.12. The third-order valence-electron chi connectivity index (χ3n) is 3.50. The van der Waals surface area contributed by atoms with E-state index in [9.17, 15) is 9.59 Å². The lowest BCUT2D eigenvalue weighted by molar-refractivity contribution is -0.133. The zero-order chi connectivity index (χ0) is 15.0. The predicted octanol–water partition coefficient (Wildman–Crippen LogP) is 1.28. The summed E-state index contributed by atoms with van der Waals surface area (Å²) >= 11 is 0. The van der Waals surface area contributed by atoms with Crippen molar-refractivity contribution < 1.29 is 9.59 Å². The van der Waals surface area contributed by atoms with Gasteiger partial charge >= 0.3 is 0 Å². The molecule has 0 aromatic heterocycles. The van der Waals surface area contributed by atoms with Crippen LogP contribution in [-0.4, -0.2) is 48.4 Å². The highest BCUT2D eigenvalue weighted by molar-refractivity contribution is 5.79. The molecule has 5 nitrogen and oxygen atoms in total. The van der Waals surface area contributed by atoms with Gasteiger partial charge in [0.05, 0.1) is 0 Å². The van der Waals surface area contributed by atoms with Gasteiger partial charge in [0.2, 0.25) is 11.8 Å². The Morgan fingerprint density at radius 1 is 1.35 bits per heavy atom. The number of hydrogen-bond donors (Lipinski definition) is 2. The van der Waals surface area contributed by atoms with Gasteiger partial charge in [0.1, 0.15) is 0 Å². The van der Waals surface area contributed by atoms with E-state index in [1.807, 2.05) is 18.7 Å². The van der Waals surface area contributed by atoms with Gasteiger partial charge in [0.25, 0.3) is 0 Å². The Morgan fingerprint density at radius 2 is 2.10 bits per heavy atom. The summed E-state index contributed by atoms with van der Waals surface area (Å²) in [5.41, 5.74) is 0. The topological polar surface area (TPSA) is 61.4 Å². The van der Waals surface area contributed by atoms with Gasteiger partial charge in [-0.3, -0.25) is 9.59 Å². The van der Waals surface area contributed by atoms with E-state index in [1.165, 1.54) is 0 Å². The summed E-state index contributed by atoms with van der Waals surface area (Å²) in [6.07, 6.45) is 3.57. The molecule has 1 atom stereocenters. The lowest BCUT2D eigenvalue weighted by Gasteiger charge is -2.28. The van der Waals surface area contributed by atoms with Crippen molar-refractivity contribution in [1.82, 2.24) is 15.5 Å². The van der Waals surface area contributed by atoms with Gasteiger partial charge in [0, 0.05) is 38.0 Å². The van der Waals surface area contributed by atoms with E-state index in [1.54, 1.807) is 0 Å². The van der Waals surface area contributed by atoms with Gasteiger partial charge in [-0.1, -0.05) is 6.92 Å². The first-order valence-corrected chi connectivity index (χ1v) is 7.84. The van der Waals surface area contributed by atoms with Crippen LogP contribution in [0.25, 0.3) is 0 Å². The Hall–Kier alpha value is -1.10. The summed E-state index contributed by atoms with van der Waals surface area (Å²) in [5.74, 6) is 0.232. The second-order valence-corrected chi connectivity index (χ2v) is 5.81. The van der Waals surface area contributed by atoms with Gasteiger partial charge in [0.15, 0.2) is 0 Å². The van der Waals surface area contributed by atoms with E-state index in [0.717, 1.165) is 32.5 Å². The van der Waals surface area contributed by atoms with Gasteiger partial charge < -0.3 is 15.5 Å². The number of rotatable bonds is 8. The molecule has 1 heterocycles. The number of nitrogens with zero attached hydrogens (tertiary/aromatic N) is 1. The maximum atomic E-state index is 12.3. The molecule has 0 radical (unpaired) electrons. The molecule has 0 aromatic carbocycles. The Bertz CT molecular complexity index is 312. The van der Waals surface area contributed by atoms with Crippen molar-refractivity contribution >= 4 is 11.8 Å². The predicted molar refractivity (Wildman–Crippen MR) is 80.4 cm³/mol. The molecule has 5 heteroatoms. The van der Waals surface area contributed by atoms with E-state index in [-0.39, 0.29) is 17.9 Å². The van der Waals surface area contributed by atoms with Gasteiger partial charge in [-0.05, 0) is 39.7 Å². The van der Waals surface area contributed by atoms with Crippen LogP contribution in [0.2, 0.25) is 0 Å². The van der Waals surface area contributed by atoms with E-state index < -0.39 is 0 Å². The molecule has 1 saturated heterocycles. The van der Waals surface area contributed by atoms with Crippen LogP contribution in [0, 0.1) is 0 Å². The summed E-state index contributed by atoms with van der Waals surface area (Å²) in [6, 6.07) is 0.506. The smallest absolute Gasteiger partial charge is 0.222 e. The molecule has 1 aliphatic heterocycles. The average molecular weight is 283 g/mol. The molecule has 0 aromatic rings. The van der Waals surface area contributed by atoms with Crippen LogP contribution in [-0.2, 0) is 9.59 Å². The van der Waals surface area contributed by atoms with Crippen LogP contribution in [0.3, 0.4) is 0 Å². The molecule has 116 valence electrons. The van der Waals surface area contributed by atoms with Crippen LogP contribution in [0.4, 0.5) is 0 Å². The zero-order valence-electron chi connectivity index (χ0n) is 13.1. The third-order valence-corrected chi connectivity index (χ3v) is 3.50. The lowest BCUT2D eigenvalue weighted by atomic mass is 10.1. The molecule has 2 amide bonds. The minimum absolute atomic E-state index is 0.0392. The standard InChI is InChI=1S/C15H29N3O2/c1-4-10-18(13-8-9-16-11-13)15(20)7-5-6-14(19)17-12(2)3/h12-13,16H,4-11H2,1-3H3,(H,17,19). The highest BCUT2D eigenvalue weighted by atomic mass is 16.2. The molecule has 2 N–H and O–H groups in total. The van der Waals surface area contributed by atoms with Gasteiger partial charge in [-0.15, -0.1) is 0 Å². The van der Waals surface area contributed by atoms with Crippen molar-refractivity contribution in [3.8, 4) is 0 Å². The van der Waals surface area contributed by atoms with Crippen molar-refractivity contribution in [3.05, 3.63) is 0 Å². The molecule has 0 saturated carbocycles. The van der Waals surface area contributed by atoms with Crippen LogP contribution < -0.4 is 10.6 Å². The first-order valence-electron chi connectivity index (χ1n) is 7.84. The molecule has 1 unspecified atom stereocenters. The van der Waals surface area contributed by atoms with E-state index >= 15 is 0 Å². The number of carbonyl (C=O) groups is 2. The molecular weight excluding hydrogens is 254 g/mol. The Balaban J connectivity index is 2.32. The molecule has 1 fully saturated rings. The monoisotopic (exact) mass is 283 g/mol.